The molecule has 0 aromatic heterocycles. The topological polar surface area (TPSA) is 38.3 Å². The fourth-order valence-corrected chi connectivity index (χ4v) is 0.942. The lowest BCUT2D eigenvalue weighted by Crippen LogP contribution is -2.22. The lowest BCUT2D eigenvalue weighted by molar-refractivity contribution is 0.174. The zero-order chi connectivity index (χ0) is 8.97. The standard InChI is InChI=1S/C8H9NO2S/c1-11-8(10)9-6-2-4-7(12)5-3-6/h2-4H,5H2,1H3,(H,9,10). The van der Waals surface area contributed by atoms with Gasteiger partial charge in [0, 0.05) is 17.0 Å². The van der Waals surface area contributed by atoms with Crippen molar-refractivity contribution in [2.45, 2.75) is 6.42 Å². The van der Waals surface area contributed by atoms with Crippen LogP contribution in [-0.4, -0.2) is 18.1 Å². The van der Waals surface area contributed by atoms with Gasteiger partial charge in [0.25, 0.3) is 0 Å². The number of hydrogen-bond donors (Lipinski definition) is 1. The second-order valence-electron chi connectivity index (χ2n) is 2.28. The zero-order valence-corrected chi connectivity index (χ0v) is 7.48. The highest BCUT2D eigenvalue weighted by molar-refractivity contribution is 7.80. The van der Waals surface area contributed by atoms with E-state index >= 15 is 0 Å². The van der Waals surface area contributed by atoms with Crippen LogP contribution in [-0.2, 0) is 4.74 Å². The van der Waals surface area contributed by atoms with Gasteiger partial charge >= 0.3 is 6.09 Å². The van der Waals surface area contributed by atoms with Crippen molar-refractivity contribution < 1.29 is 9.53 Å². The number of alkyl carbamates (subject to hydrolysis) is 1. The van der Waals surface area contributed by atoms with Crippen molar-refractivity contribution in [1.82, 2.24) is 5.32 Å². The number of ether oxygens (including phenoxy) is 1. The second-order valence-corrected chi connectivity index (χ2v) is 2.80. The Labute approximate surface area is 76.1 Å². The zero-order valence-electron chi connectivity index (χ0n) is 6.66. The van der Waals surface area contributed by atoms with Crippen LogP contribution in [0.25, 0.3) is 0 Å². The van der Waals surface area contributed by atoms with Gasteiger partial charge in [-0.25, -0.2) is 4.79 Å². The first-order chi connectivity index (χ1) is 5.72. The highest BCUT2D eigenvalue weighted by Crippen LogP contribution is 2.05. The number of nitrogens with one attached hydrogen (secondary N) is 1. The van der Waals surface area contributed by atoms with Crippen LogP contribution >= 0.6 is 12.2 Å². The van der Waals surface area contributed by atoms with Gasteiger partial charge in [-0.15, -0.1) is 0 Å². The van der Waals surface area contributed by atoms with Crippen molar-refractivity contribution in [2.24, 2.45) is 0 Å². The quantitative estimate of drug-likeness (QED) is 0.627. The molecule has 0 atom stereocenters. The molecule has 3 nitrogen and oxygen atoms in total. The third kappa shape index (κ3) is 2.47. The van der Waals surface area contributed by atoms with Crippen LogP contribution in [0.3, 0.4) is 0 Å². The summed E-state index contributed by atoms with van der Waals surface area (Å²) in [5, 5.41) is 2.54. The lowest BCUT2D eigenvalue weighted by Gasteiger charge is -2.07. The molecular formula is C8H9NO2S. The molecule has 1 aliphatic carbocycles. The van der Waals surface area contributed by atoms with Crippen LogP contribution < -0.4 is 5.32 Å². The van der Waals surface area contributed by atoms with Crippen LogP contribution in [0.2, 0.25) is 0 Å². The molecule has 1 aliphatic rings. The maximum absolute atomic E-state index is 10.7. The SMILES string of the molecule is COC(=O)NC1=CCC(=S)C=C1. The van der Waals surface area contributed by atoms with E-state index in [-0.39, 0.29) is 0 Å². The van der Waals surface area contributed by atoms with Gasteiger partial charge in [0.05, 0.1) is 7.11 Å². The van der Waals surface area contributed by atoms with Crippen molar-refractivity contribution in [2.75, 3.05) is 7.11 Å². The molecule has 1 rings (SSSR count). The Morgan fingerprint density at radius 2 is 2.42 bits per heavy atom. The summed E-state index contributed by atoms with van der Waals surface area (Å²) in [5.74, 6) is 0. The van der Waals surface area contributed by atoms with Crippen LogP contribution in [0.4, 0.5) is 4.79 Å². The van der Waals surface area contributed by atoms with E-state index in [1.54, 1.807) is 12.2 Å². The maximum atomic E-state index is 10.7. The Balaban J connectivity index is 2.50. The molecule has 64 valence electrons. The Kier molecular flexibility index (Phi) is 2.99. The van der Waals surface area contributed by atoms with Gasteiger partial charge in [-0.2, -0.15) is 0 Å². The Hall–Kier alpha value is -1.16. The van der Waals surface area contributed by atoms with Crippen LogP contribution in [0, 0.1) is 0 Å². The predicted octanol–water partition coefficient (Wildman–Crippen LogP) is 1.56. The van der Waals surface area contributed by atoms with E-state index in [9.17, 15) is 4.79 Å². The largest absolute Gasteiger partial charge is 0.453 e. The minimum Gasteiger partial charge on any atom is -0.453 e. The van der Waals surface area contributed by atoms with E-state index in [1.165, 1.54) is 7.11 Å². The van der Waals surface area contributed by atoms with E-state index < -0.39 is 6.09 Å². The second kappa shape index (κ2) is 4.01. The van der Waals surface area contributed by atoms with E-state index in [4.69, 9.17) is 12.2 Å². The number of carbonyl (C=O) groups is 1. The molecule has 0 aromatic rings. The molecule has 0 saturated carbocycles. The molecule has 0 heterocycles. The van der Waals surface area contributed by atoms with E-state index in [1.807, 2.05) is 6.08 Å². The Morgan fingerprint density at radius 1 is 1.67 bits per heavy atom. The van der Waals surface area contributed by atoms with Crippen molar-refractivity contribution in [3.05, 3.63) is 23.9 Å². The number of methoxy groups -OCH3 is 1. The van der Waals surface area contributed by atoms with Gasteiger partial charge in [-0.05, 0) is 12.2 Å². The first-order valence-corrected chi connectivity index (χ1v) is 3.89. The third-order valence-electron chi connectivity index (χ3n) is 1.40. The summed E-state index contributed by atoms with van der Waals surface area (Å²) in [5.41, 5.74) is 0.732. The monoisotopic (exact) mass is 183 g/mol. The Morgan fingerprint density at radius 3 is 2.92 bits per heavy atom. The predicted molar refractivity (Wildman–Crippen MR) is 50.0 cm³/mol. The number of rotatable bonds is 1. The minimum absolute atomic E-state index is 0.460. The lowest BCUT2D eigenvalue weighted by atomic mass is 10.1. The Bertz CT molecular complexity index is 268. The molecular weight excluding hydrogens is 174 g/mol. The number of amides is 1. The maximum Gasteiger partial charge on any atom is 0.411 e. The molecule has 0 spiro atoms. The average Bonchev–Trinajstić information content (AvgIpc) is 2.09. The fraction of sp³-hybridized carbons (Fsp3) is 0.250. The minimum atomic E-state index is -0.460. The van der Waals surface area contributed by atoms with E-state index in [2.05, 4.69) is 10.1 Å². The summed E-state index contributed by atoms with van der Waals surface area (Å²) in [7, 11) is 1.33. The average molecular weight is 183 g/mol. The molecule has 0 saturated heterocycles. The molecule has 0 unspecified atom stereocenters. The summed E-state index contributed by atoms with van der Waals surface area (Å²) >= 11 is 4.93. The van der Waals surface area contributed by atoms with Gasteiger partial charge in [0.1, 0.15) is 0 Å². The molecule has 12 heavy (non-hydrogen) atoms. The van der Waals surface area contributed by atoms with Gasteiger partial charge in [-0.1, -0.05) is 18.3 Å². The van der Waals surface area contributed by atoms with Crippen LogP contribution in [0.15, 0.2) is 23.9 Å². The van der Waals surface area contributed by atoms with Gasteiger partial charge < -0.3 is 4.74 Å². The number of hydrogen-bond acceptors (Lipinski definition) is 3. The molecule has 4 heteroatoms. The summed E-state index contributed by atoms with van der Waals surface area (Å²) in [6, 6.07) is 0. The molecule has 0 fully saturated rings. The molecule has 1 amide bonds. The van der Waals surface area contributed by atoms with Crippen molar-refractivity contribution in [3.63, 3.8) is 0 Å². The normalized spacial score (nSPS) is 15.4. The van der Waals surface area contributed by atoms with Crippen molar-refractivity contribution in [1.29, 1.82) is 0 Å². The van der Waals surface area contributed by atoms with Crippen molar-refractivity contribution in [3.8, 4) is 0 Å². The smallest absolute Gasteiger partial charge is 0.411 e. The summed E-state index contributed by atoms with van der Waals surface area (Å²) in [6.45, 7) is 0. The molecule has 0 bridgehead atoms. The van der Waals surface area contributed by atoms with E-state index in [0.717, 1.165) is 10.6 Å². The first kappa shape index (κ1) is 8.93. The summed E-state index contributed by atoms with van der Waals surface area (Å²) in [6.07, 6.45) is 5.63. The van der Waals surface area contributed by atoms with Gasteiger partial charge in [-0.3, -0.25) is 5.32 Å². The first-order valence-electron chi connectivity index (χ1n) is 3.48. The van der Waals surface area contributed by atoms with Crippen molar-refractivity contribution >= 4 is 23.2 Å². The number of carbonyl (C=O) groups excluding carboxylic acids is 1. The molecule has 0 radical (unpaired) electrons. The van der Waals surface area contributed by atoms with Gasteiger partial charge in [0.2, 0.25) is 0 Å². The summed E-state index contributed by atoms with van der Waals surface area (Å²) < 4.78 is 4.42. The van der Waals surface area contributed by atoms with E-state index in [0.29, 0.717) is 6.42 Å². The number of allylic oxidation sites excluding steroid dienone is 3. The third-order valence-corrected chi connectivity index (χ3v) is 1.71. The highest BCUT2D eigenvalue weighted by atomic mass is 32.1. The molecule has 1 N–H and O–H groups in total. The number of thiocarbonyl (C=S) groups is 1. The fourth-order valence-electron chi connectivity index (χ4n) is 0.791. The highest BCUT2D eigenvalue weighted by Gasteiger charge is 2.04. The van der Waals surface area contributed by atoms with Crippen LogP contribution in [0.1, 0.15) is 6.42 Å². The molecule has 0 aromatic carbocycles. The molecule has 0 aliphatic heterocycles. The van der Waals surface area contributed by atoms with Crippen LogP contribution in [0.5, 0.6) is 0 Å². The van der Waals surface area contributed by atoms with Gasteiger partial charge in [0.15, 0.2) is 0 Å². The summed E-state index contributed by atoms with van der Waals surface area (Å²) in [4.78, 5) is 11.6.